The number of pyridine rings is 1. The van der Waals surface area contributed by atoms with Crippen LogP contribution in [0.3, 0.4) is 0 Å². The molecule has 1 heterocycles. The first-order valence-corrected chi connectivity index (χ1v) is 7.91. The molecule has 1 aromatic rings. The normalized spacial score (nSPS) is 27.2. The summed E-state index contributed by atoms with van der Waals surface area (Å²) in [5, 5.41) is 0. The van der Waals surface area contributed by atoms with Crippen molar-refractivity contribution in [1.82, 2.24) is 9.88 Å². The van der Waals surface area contributed by atoms with Crippen LogP contribution in [0.25, 0.3) is 0 Å². The Hall–Kier alpha value is -0.930. The summed E-state index contributed by atoms with van der Waals surface area (Å²) in [5.41, 5.74) is 7.54. The van der Waals surface area contributed by atoms with Gasteiger partial charge in [0.2, 0.25) is 0 Å². The molecule has 1 fully saturated rings. The zero-order valence-corrected chi connectivity index (χ0v) is 13.2. The van der Waals surface area contributed by atoms with Crippen molar-refractivity contribution in [1.29, 1.82) is 0 Å². The topological polar surface area (TPSA) is 42.1 Å². The summed E-state index contributed by atoms with van der Waals surface area (Å²) >= 11 is 0. The highest BCUT2D eigenvalue weighted by Gasteiger charge is 2.43. The van der Waals surface area contributed by atoms with E-state index in [0.29, 0.717) is 11.8 Å². The van der Waals surface area contributed by atoms with E-state index in [1.165, 1.54) is 25.7 Å². The summed E-state index contributed by atoms with van der Waals surface area (Å²) in [6.07, 6.45) is 7.05. The highest BCUT2D eigenvalue weighted by atomic mass is 15.2. The number of rotatable bonds is 5. The van der Waals surface area contributed by atoms with Crippen LogP contribution in [0.1, 0.15) is 45.2 Å². The molecule has 3 heteroatoms. The van der Waals surface area contributed by atoms with Gasteiger partial charge in [0.05, 0.1) is 5.69 Å². The van der Waals surface area contributed by atoms with Crippen molar-refractivity contribution in [3.05, 3.63) is 30.1 Å². The van der Waals surface area contributed by atoms with Crippen LogP contribution < -0.4 is 5.73 Å². The summed E-state index contributed by atoms with van der Waals surface area (Å²) in [7, 11) is 2.22. The highest BCUT2D eigenvalue weighted by Crippen LogP contribution is 2.41. The van der Waals surface area contributed by atoms with E-state index in [4.69, 9.17) is 5.73 Å². The predicted octanol–water partition coefficient (Wildman–Crippen LogP) is 3.06. The molecule has 0 bridgehead atoms. The van der Waals surface area contributed by atoms with Gasteiger partial charge >= 0.3 is 0 Å². The Balaban J connectivity index is 2.19. The molecule has 1 aromatic heterocycles. The van der Waals surface area contributed by atoms with Gasteiger partial charge in [-0.2, -0.15) is 0 Å². The molecule has 2 rings (SSSR count). The van der Waals surface area contributed by atoms with Gasteiger partial charge in [-0.05, 0) is 43.9 Å². The monoisotopic (exact) mass is 275 g/mol. The average molecular weight is 275 g/mol. The SMILES string of the molecule is CC(C)C1CCCCC1(CN)N(C)Cc1ccccn1. The molecular weight excluding hydrogens is 246 g/mol. The molecule has 0 aromatic carbocycles. The highest BCUT2D eigenvalue weighted by molar-refractivity contribution is 5.06. The second-order valence-electron chi connectivity index (χ2n) is 6.58. The number of nitrogens with zero attached hydrogens (tertiary/aromatic N) is 2. The number of nitrogens with two attached hydrogens (primary N) is 1. The third-order valence-electron chi connectivity index (χ3n) is 5.11. The van der Waals surface area contributed by atoms with Crippen molar-refractivity contribution in [2.24, 2.45) is 17.6 Å². The summed E-state index contributed by atoms with van der Waals surface area (Å²) in [5.74, 6) is 1.37. The molecule has 20 heavy (non-hydrogen) atoms. The Morgan fingerprint density at radius 1 is 1.40 bits per heavy atom. The standard InChI is InChI=1S/C17H29N3/c1-14(2)16-9-4-6-10-17(16,13-18)20(3)12-15-8-5-7-11-19-15/h5,7-8,11,14,16H,4,6,9-10,12-13,18H2,1-3H3. The van der Waals surface area contributed by atoms with Gasteiger partial charge in [-0.25, -0.2) is 0 Å². The van der Waals surface area contributed by atoms with E-state index >= 15 is 0 Å². The maximum atomic E-state index is 6.26. The van der Waals surface area contributed by atoms with Crippen molar-refractivity contribution in [2.75, 3.05) is 13.6 Å². The molecule has 0 saturated heterocycles. The van der Waals surface area contributed by atoms with Crippen LogP contribution in [0.4, 0.5) is 0 Å². The Labute approximate surface area is 123 Å². The molecule has 112 valence electrons. The lowest BCUT2D eigenvalue weighted by Crippen LogP contribution is -2.59. The molecule has 2 atom stereocenters. The van der Waals surface area contributed by atoms with Crippen LogP contribution in [0.2, 0.25) is 0 Å². The molecule has 1 aliphatic carbocycles. The third kappa shape index (κ3) is 3.04. The van der Waals surface area contributed by atoms with Crippen molar-refractivity contribution < 1.29 is 0 Å². The van der Waals surface area contributed by atoms with E-state index in [1.54, 1.807) is 0 Å². The Bertz CT molecular complexity index is 404. The molecule has 2 N–H and O–H groups in total. The second kappa shape index (κ2) is 6.68. The fourth-order valence-electron chi connectivity index (χ4n) is 3.98. The van der Waals surface area contributed by atoms with Gasteiger partial charge < -0.3 is 5.73 Å². The largest absolute Gasteiger partial charge is 0.329 e. The zero-order valence-electron chi connectivity index (χ0n) is 13.2. The second-order valence-corrected chi connectivity index (χ2v) is 6.58. The first-order valence-electron chi connectivity index (χ1n) is 7.91. The van der Waals surface area contributed by atoms with Gasteiger partial charge in [-0.3, -0.25) is 9.88 Å². The van der Waals surface area contributed by atoms with Gasteiger partial charge in [0, 0.05) is 24.8 Å². The third-order valence-corrected chi connectivity index (χ3v) is 5.11. The van der Waals surface area contributed by atoms with Gasteiger partial charge in [0.1, 0.15) is 0 Å². The van der Waals surface area contributed by atoms with Crippen LogP contribution in [0, 0.1) is 11.8 Å². The van der Waals surface area contributed by atoms with Crippen LogP contribution in [-0.4, -0.2) is 29.0 Å². The molecule has 0 radical (unpaired) electrons. The first kappa shape index (κ1) is 15.5. The van der Waals surface area contributed by atoms with Crippen LogP contribution >= 0.6 is 0 Å². The maximum Gasteiger partial charge on any atom is 0.0544 e. The van der Waals surface area contributed by atoms with E-state index in [1.807, 2.05) is 12.3 Å². The quantitative estimate of drug-likeness (QED) is 0.898. The predicted molar refractivity (Wildman–Crippen MR) is 84.3 cm³/mol. The Morgan fingerprint density at radius 2 is 2.20 bits per heavy atom. The summed E-state index contributed by atoms with van der Waals surface area (Å²) in [6.45, 7) is 6.32. The van der Waals surface area contributed by atoms with E-state index in [0.717, 1.165) is 18.8 Å². The lowest BCUT2D eigenvalue weighted by molar-refractivity contribution is -0.00251. The van der Waals surface area contributed by atoms with Gasteiger partial charge in [-0.1, -0.05) is 32.8 Å². The first-order chi connectivity index (χ1) is 9.60. The fraction of sp³-hybridized carbons (Fsp3) is 0.706. The molecule has 3 nitrogen and oxygen atoms in total. The van der Waals surface area contributed by atoms with E-state index in [2.05, 4.69) is 42.9 Å². The lowest BCUT2D eigenvalue weighted by atomic mass is 9.67. The summed E-state index contributed by atoms with van der Waals surface area (Å²) in [4.78, 5) is 6.94. The number of likely N-dealkylation sites (N-methyl/N-ethyl adjacent to an activating group) is 1. The van der Waals surface area contributed by atoms with E-state index < -0.39 is 0 Å². The summed E-state index contributed by atoms with van der Waals surface area (Å²) < 4.78 is 0. The van der Waals surface area contributed by atoms with Crippen LogP contribution in [-0.2, 0) is 6.54 Å². The fourth-order valence-corrected chi connectivity index (χ4v) is 3.98. The molecule has 0 spiro atoms. The smallest absolute Gasteiger partial charge is 0.0544 e. The van der Waals surface area contributed by atoms with Crippen LogP contribution in [0.5, 0.6) is 0 Å². The van der Waals surface area contributed by atoms with Crippen molar-refractivity contribution in [2.45, 2.75) is 51.6 Å². The molecule has 0 aliphatic heterocycles. The van der Waals surface area contributed by atoms with Gasteiger partial charge in [0.25, 0.3) is 0 Å². The van der Waals surface area contributed by atoms with Gasteiger partial charge in [0.15, 0.2) is 0 Å². The van der Waals surface area contributed by atoms with Crippen molar-refractivity contribution in [3.8, 4) is 0 Å². The number of aromatic nitrogens is 1. The molecule has 0 amide bonds. The van der Waals surface area contributed by atoms with Crippen molar-refractivity contribution >= 4 is 0 Å². The average Bonchev–Trinajstić information content (AvgIpc) is 2.47. The van der Waals surface area contributed by atoms with Crippen LogP contribution in [0.15, 0.2) is 24.4 Å². The minimum atomic E-state index is 0.143. The molecule has 2 unspecified atom stereocenters. The Morgan fingerprint density at radius 3 is 2.80 bits per heavy atom. The number of hydrogen-bond donors (Lipinski definition) is 1. The minimum absolute atomic E-state index is 0.143. The maximum absolute atomic E-state index is 6.26. The zero-order chi connectivity index (χ0) is 14.6. The number of hydrogen-bond acceptors (Lipinski definition) is 3. The Kier molecular flexibility index (Phi) is 5.17. The minimum Gasteiger partial charge on any atom is -0.329 e. The molecular formula is C17H29N3. The lowest BCUT2D eigenvalue weighted by Gasteiger charge is -2.51. The van der Waals surface area contributed by atoms with E-state index in [9.17, 15) is 0 Å². The van der Waals surface area contributed by atoms with E-state index in [-0.39, 0.29) is 5.54 Å². The molecule has 1 aliphatic rings. The van der Waals surface area contributed by atoms with Crippen molar-refractivity contribution in [3.63, 3.8) is 0 Å². The van der Waals surface area contributed by atoms with Gasteiger partial charge in [-0.15, -0.1) is 0 Å². The molecule has 1 saturated carbocycles. The summed E-state index contributed by atoms with van der Waals surface area (Å²) in [6, 6.07) is 6.14.